The maximum Gasteiger partial charge on any atom is 0.251 e. The SMILES string of the molecule is C[C@@H](CNC(=O)c1ccc2c(c1)OCO2)Oc1cccc(CN(C)Cc2cnccn2)c1. The Balaban J connectivity index is 1.27. The van der Waals surface area contributed by atoms with Gasteiger partial charge >= 0.3 is 0 Å². The highest BCUT2D eigenvalue weighted by atomic mass is 16.7. The molecule has 1 amide bonds. The van der Waals surface area contributed by atoms with Crippen molar-refractivity contribution < 1.29 is 19.0 Å². The second-order valence-corrected chi connectivity index (χ2v) is 7.72. The molecule has 8 heteroatoms. The Morgan fingerprint density at radius 2 is 2.03 bits per heavy atom. The summed E-state index contributed by atoms with van der Waals surface area (Å²) in [5, 5.41) is 2.90. The number of hydrogen-bond donors (Lipinski definition) is 1. The summed E-state index contributed by atoms with van der Waals surface area (Å²) in [5.41, 5.74) is 2.58. The monoisotopic (exact) mass is 434 g/mol. The summed E-state index contributed by atoms with van der Waals surface area (Å²) < 4.78 is 16.6. The van der Waals surface area contributed by atoms with E-state index in [1.165, 1.54) is 0 Å². The van der Waals surface area contributed by atoms with Crippen molar-refractivity contribution in [3.05, 3.63) is 77.9 Å². The van der Waals surface area contributed by atoms with Crippen LogP contribution < -0.4 is 19.5 Å². The first-order valence-corrected chi connectivity index (χ1v) is 10.4. The molecular formula is C24H26N4O4. The van der Waals surface area contributed by atoms with E-state index in [0.29, 0.717) is 30.2 Å². The number of rotatable bonds is 9. The van der Waals surface area contributed by atoms with E-state index in [9.17, 15) is 4.79 Å². The molecule has 0 aliphatic carbocycles. The molecule has 0 bridgehead atoms. The van der Waals surface area contributed by atoms with Gasteiger partial charge in [-0.1, -0.05) is 12.1 Å². The number of carbonyl (C=O) groups excluding carboxylic acids is 1. The Bertz CT molecular complexity index is 1060. The zero-order valence-electron chi connectivity index (χ0n) is 18.2. The molecule has 1 aliphatic heterocycles. The van der Waals surface area contributed by atoms with Gasteiger partial charge in [-0.15, -0.1) is 0 Å². The highest BCUT2D eigenvalue weighted by molar-refractivity contribution is 5.94. The van der Waals surface area contributed by atoms with Gasteiger partial charge in [0.15, 0.2) is 11.5 Å². The summed E-state index contributed by atoms with van der Waals surface area (Å²) >= 11 is 0. The number of carbonyl (C=O) groups is 1. The van der Waals surface area contributed by atoms with Gasteiger partial charge in [0.1, 0.15) is 11.9 Å². The van der Waals surface area contributed by atoms with Gasteiger partial charge in [-0.2, -0.15) is 0 Å². The van der Waals surface area contributed by atoms with Crippen LogP contribution in [0, 0.1) is 0 Å². The van der Waals surface area contributed by atoms with Crippen LogP contribution in [0.4, 0.5) is 0 Å². The van der Waals surface area contributed by atoms with Crippen molar-refractivity contribution in [2.75, 3.05) is 20.4 Å². The first-order chi connectivity index (χ1) is 15.6. The van der Waals surface area contributed by atoms with E-state index in [4.69, 9.17) is 14.2 Å². The number of nitrogens with zero attached hydrogens (tertiary/aromatic N) is 3. The third-order valence-corrected chi connectivity index (χ3v) is 4.92. The fourth-order valence-electron chi connectivity index (χ4n) is 3.42. The topological polar surface area (TPSA) is 85.8 Å². The molecule has 2 heterocycles. The minimum Gasteiger partial charge on any atom is -0.489 e. The fourth-order valence-corrected chi connectivity index (χ4v) is 3.42. The van der Waals surface area contributed by atoms with Gasteiger partial charge in [-0.3, -0.25) is 19.7 Å². The molecule has 32 heavy (non-hydrogen) atoms. The summed E-state index contributed by atoms with van der Waals surface area (Å²) in [7, 11) is 2.04. The fraction of sp³-hybridized carbons (Fsp3) is 0.292. The molecule has 0 unspecified atom stereocenters. The maximum atomic E-state index is 12.4. The van der Waals surface area contributed by atoms with E-state index in [1.54, 1.807) is 36.8 Å². The predicted molar refractivity (Wildman–Crippen MR) is 119 cm³/mol. The lowest BCUT2D eigenvalue weighted by Gasteiger charge is -2.18. The van der Waals surface area contributed by atoms with Crippen molar-refractivity contribution in [1.82, 2.24) is 20.2 Å². The number of hydrogen-bond acceptors (Lipinski definition) is 7. The summed E-state index contributed by atoms with van der Waals surface area (Å²) in [4.78, 5) is 23.0. The molecule has 0 spiro atoms. The molecule has 0 radical (unpaired) electrons. The van der Waals surface area contributed by atoms with E-state index >= 15 is 0 Å². The molecule has 0 fully saturated rings. The number of aromatic nitrogens is 2. The lowest BCUT2D eigenvalue weighted by molar-refractivity contribution is 0.0931. The van der Waals surface area contributed by atoms with Gasteiger partial charge < -0.3 is 19.5 Å². The number of fused-ring (bicyclic) bond motifs is 1. The second-order valence-electron chi connectivity index (χ2n) is 7.72. The molecule has 1 N–H and O–H groups in total. The van der Waals surface area contributed by atoms with Gasteiger partial charge in [0, 0.05) is 37.2 Å². The molecular weight excluding hydrogens is 408 g/mol. The number of benzene rings is 2. The van der Waals surface area contributed by atoms with Crippen LogP contribution in [0.3, 0.4) is 0 Å². The Morgan fingerprint density at radius 3 is 2.88 bits per heavy atom. The van der Waals surface area contributed by atoms with Gasteiger partial charge in [0.25, 0.3) is 5.91 Å². The zero-order chi connectivity index (χ0) is 22.3. The Hall–Kier alpha value is -3.65. The van der Waals surface area contributed by atoms with Crippen molar-refractivity contribution in [2.24, 2.45) is 0 Å². The minimum atomic E-state index is -0.194. The van der Waals surface area contributed by atoms with E-state index in [1.807, 2.05) is 32.2 Å². The number of nitrogens with one attached hydrogen (secondary N) is 1. The van der Waals surface area contributed by atoms with Crippen LogP contribution in [0.2, 0.25) is 0 Å². The summed E-state index contributed by atoms with van der Waals surface area (Å²) in [6.45, 7) is 3.95. The Labute approximate surface area is 187 Å². The van der Waals surface area contributed by atoms with Crippen molar-refractivity contribution in [1.29, 1.82) is 0 Å². The Kier molecular flexibility index (Phi) is 6.81. The summed E-state index contributed by atoms with van der Waals surface area (Å²) in [6, 6.07) is 13.1. The van der Waals surface area contributed by atoms with Crippen molar-refractivity contribution in [3.8, 4) is 17.2 Å². The smallest absolute Gasteiger partial charge is 0.251 e. The predicted octanol–water partition coefficient (Wildman–Crippen LogP) is 3.03. The van der Waals surface area contributed by atoms with Crippen LogP contribution in [0.15, 0.2) is 61.1 Å². The van der Waals surface area contributed by atoms with Gasteiger partial charge in [-0.05, 0) is 49.9 Å². The van der Waals surface area contributed by atoms with Gasteiger partial charge in [0.05, 0.1) is 12.2 Å². The van der Waals surface area contributed by atoms with E-state index in [2.05, 4.69) is 26.3 Å². The molecule has 1 aliphatic rings. The standard InChI is InChI=1S/C24H26N4O4/c1-17(12-27-24(29)19-6-7-22-23(11-19)31-16-30-22)32-21-5-3-4-18(10-21)14-28(2)15-20-13-25-8-9-26-20/h3-11,13,17H,12,14-16H2,1-2H3,(H,27,29)/t17-/m0/s1. The molecule has 2 aromatic carbocycles. The molecule has 166 valence electrons. The van der Waals surface area contributed by atoms with E-state index in [-0.39, 0.29) is 18.8 Å². The molecule has 3 aromatic rings. The van der Waals surface area contributed by atoms with Crippen molar-refractivity contribution in [2.45, 2.75) is 26.1 Å². The quantitative estimate of drug-likeness (QED) is 0.554. The highest BCUT2D eigenvalue weighted by Crippen LogP contribution is 2.32. The van der Waals surface area contributed by atoms with Crippen LogP contribution >= 0.6 is 0 Å². The lowest BCUT2D eigenvalue weighted by atomic mass is 10.2. The average molecular weight is 434 g/mol. The third-order valence-electron chi connectivity index (χ3n) is 4.92. The normalized spacial score (nSPS) is 13.1. The number of ether oxygens (including phenoxy) is 3. The molecule has 4 rings (SSSR count). The molecule has 1 atom stereocenters. The van der Waals surface area contributed by atoms with Crippen LogP contribution in [0.5, 0.6) is 17.2 Å². The molecule has 8 nitrogen and oxygen atoms in total. The van der Waals surface area contributed by atoms with Crippen molar-refractivity contribution >= 4 is 5.91 Å². The second kappa shape index (κ2) is 10.1. The molecule has 0 saturated carbocycles. The van der Waals surface area contributed by atoms with Gasteiger partial charge in [-0.25, -0.2) is 0 Å². The van der Waals surface area contributed by atoms with Gasteiger partial charge in [0.2, 0.25) is 6.79 Å². The first-order valence-electron chi connectivity index (χ1n) is 10.4. The average Bonchev–Trinajstić information content (AvgIpc) is 3.26. The van der Waals surface area contributed by atoms with Crippen LogP contribution in [0.25, 0.3) is 0 Å². The highest BCUT2D eigenvalue weighted by Gasteiger charge is 2.17. The number of amides is 1. The van der Waals surface area contributed by atoms with E-state index < -0.39 is 0 Å². The minimum absolute atomic E-state index is 0.181. The van der Waals surface area contributed by atoms with Crippen LogP contribution in [-0.2, 0) is 13.1 Å². The largest absolute Gasteiger partial charge is 0.489 e. The van der Waals surface area contributed by atoms with E-state index in [0.717, 1.165) is 23.6 Å². The molecule has 1 aromatic heterocycles. The maximum absolute atomic E-state index is 12.4. The molecule has 0 saturated heterocycles. The summed E-state index contributed by atoms with van der Waals surface area (Å²) in [5.74, 6) is 1.82. The van der Waals surface area contributed by atoms with Crippen LogP contribution in [-0.4, -0.2) is 47.3 Å². The first kappa shape index (κ1) is 21.6. The lowest BCUT2D eigenvalue weighted by Crippen LogP contribution is -2.33. The Morgan fingerprint density at radius 1 is 1.16 bits per heavy atom. The van der Waals surface area contributed by atoms with Crippen molar-refractivity contribution in [3.63, 3.8) is 0 Å². The van der Waals surface area contributed by atoms with Crippen LogP contribution in [0.1, 0.15) is 28.5 Å². The summed E-state index contributed by atoms with van der Waals surface area (Å²) in [6.07, 6.45) is 4.95. The zero-order valence-corrected chi connectivity index (χ0v) is 18.2. The third kappa shape index (κ3) is 5.73.